The van der Waals surface area contributed by atoms with Gasteiger partial charge in [0.05, 0.1) is 0 Å². The summed E-state index contributed by atoms with van der Waals surface area (Å²) < 4.78 is 0. The van der Waals surface area contributed by atoms with Crippen LogP contribution in [-0.4, -0.2) is 23.0 Å². The molecule has 0 spiro atoms. The molecule has 0 aromatic carbocycles. The number of Topliss-reactive ketones (excluding diaryl/α,β-unsaturated/α-hetero) is 1. The molecule has 2 saturated carbocycles. The van der Waals surface area contributed by atoms with Crippen LogP contribution in [0.15, 0.2) is 0 Å². The van der Waals surface area contributed by atoms with E-state index in [1.807, 2.05) is 0 Å². The van der Waals surface area contributed by atoms with Crippen molar-refractivity contribution in [2.24, 2.45) is 17.8 Å². The molecule has 0 bridgehead atoms. The zero-order valence-electron chi connectivity index (χ0n) is 12.9. The highest BCUT2D eigenvalue weighted by Gasteiger charge is 2.34. The van der Waals surface area contributed by atoms with Gasteiger partial charge in [-0.1, -0.05) is 32.1 Å². The lowest BCUT2D eigenvalue weighted by atomic mass is 9.70. The molecule has 1 aliphatic heterocycles. The monoisotopic (exact) mass is 295 g/mol. The van der Waals surface area contributed by atoms with Gasteiger partial charge in [-0.2, -0.15) is 0 Å². The van der Waals surface area contributed by atoms with Gasteiger partial charge in [0.25, 0.3) is 0 Å². The Labute approximate surface area is 127 Å². The van der Waals surface area contributed by atoms with Crippen molar-refractivity contribution in [3.8, 4) is 0 Å². The van der Waals surface area contributed by atoms with Crippen LogP contribution in [0, 0.1) is 17.8 Å². The third-order valence-corrected chi connectivity index (χ3v) is 8.43. The Morgan fingerprint density at radius 2 is 1.35 bits per heavy atom. The van der Waals surface area contributed by atoms with E-state index in [9.17, 15) is 4.79 Å². The highest BCUT2D eigenvalue weighted by molar-refractivity contribution is 7.97. The zero-order valence-corrected chi connectivity index (χ0v) is 13.8. The lowest BCUT2D eigenvalue weighted by molar-refractivity contribution is -0.121. The van der Waals surface area contributed by atoms with E-state index in [1.165, 1.54) is 82.1 Å². The van der Waals surface area contributed by atoms with Crippen LogP contribution in [0.3, 0.4) is 0 Å². The Morgan fingerprint density at radius 3 is 2.00 bits per heavy atom. The zero-order chi connectivity index (χ0) is 13.8. The Balaban J connectivity index is 1.41. The summed E-state index contributed by atoms with van der Waals surface area (Å²) in [7, 11) is 0.478. The van der Waals surface area contributed by atoms with Gasteiger partial charge >= 0.3 is 0 Å². The van der Waals surface area contributed by atoms with Gasteiger partial charge in [0.1, 0.15) is 11.5 Å². The third kappa shape index (κ3) is 3.81. The van der Waals surface area contributed by atoms with E-state index >= 15 is 0 Å². The second-order valence-corrected chi connectivity index (χ2v) is 9.68. The molecular weight excluding hydrogens is 264 g/mol. The van der Waals surface area contributed by atoms with Crippen LogP contribution in [-0.2, 0) is 15.7 Å². The number of ketones is 1. The summed E-state index contributed by atoms with van der Waals surface area (Å²) in [5, 5.41) is 0. The van der Waals surface area contributed by atoms with Gasteiger partial charge in [-0.25, -0.2) is 0 Å². The number of hydrogen-bond donors (Lipinski definition) is 0. The molecule has 0 N–H and O–H groups in total. The summed E-state index contributed by atoms with van der Waals surface area (Å²) in [6, 6.07) is 0. The fraction of sp³-hybridized carbons (Fsp3) is 0.944. The molecule has 3 fully saturated rings. The minimum Gasteiger partial charge on any atom is -0.294 e. The van der Waals surface area contributed by atoms with E-state index in [0.717, 1.165) is 17.6 Å². The minimum absolute atomic E-state index is 0.447. The molecule has 1 nitrogen and oxygen atoms in total. The standard InChI is InChI=1S/C18H31OS/c19-18(14-20-12-4-5-13-20)17-10-8-16(9-11-17)15-6-2-1-3-7-15/h15-17H,1-14H2/q+1. The normalized spacial score (nSPS) is 33.4. The summed E-state index contributed by atoms with van der Waals surface area (Å²) >= 11 is 0. The smallest absolute Gasteiger partial charge is 0.184 e. The van der Waals surface area contributed by atoms with E-state index in [-0.39, 0.29) is 0 Å². The maximum Gasteiger partial charge on any atom is 0.184 e. The molecule has 3 rings (SSSR count). The first-order valence-electron chi connectivity index (χ1n) is 9.00. The van der Waals surface area contributed by atoms with E-state index in [2.05, 4.69) is 0 Å². The van der Waals surface area contributed by atoms with Gasteiger partial charge in [0.15, 0.2) is 11.5 Å². The number of carbonyl (C=O) groups excluding carboxylic acids is 1. The Bertz CT molecular complexity index is 307. The van der Waals surface area contributed by atoms with Crippen LogP contribution in [0.2, 0.25) is 0 Å². The molecule has 2 heteroatoms. The summed E-state index contributed by atoms with van der Waals surface area (Å²) in [6.07, 6.45) is 15.3. The average molecular weight is 296 g/mol. The molecule has 0 aromatic heterocycles. The molecule has 0 amide bonds. The first-order valence-corrected chi connectivity index (χ1v) is 10.7. The van der Waals surface area contributed by atoms with Crippen LogP contribution < -0.4 is 0 Å². The molecule has 2 aliphatic carbocycles. The number of hydrogen-bond acceptors (Lipinski definition) is 1. The van der Waals surface area contributed by atoms with Gasteiger partial charge in [-0.3, -0.25) is 4.79 Å². The van der Waals surface area contributed by atoms with Crippen molar-refractivity contribution in [2.75, 3.05) is 17.3 Å². The van der Waals surface area contributed by atoms with Crippen LogP contribution in [0.25, 0.3) is 0 Å². The van der Waals surface area contributed by atoms with Crippen molar-refractivity contribution in [3.63, 3.8) is 0 Å². The van der Waals surface area contributed by atoms with Crippen molar-refractivity contribution in [2.45, 2.75) is 70.6 Å². The van der Waals surface area contributed by atoms with Gasteiger partial charge in [0.2, 0.25) is 0 Å². The molecule has 0 radical (unpaired) electrons. The number of carbonyl (C=O) groups is 1. The number of rotatable bonds is 4. The quantitative estimate of drug-likeness (QED) is 0.705. The highest BCUT2D eigenvalue weighted by atomic mass is 32.2. The summed E-state index contributed by atoms with van der Waals surface area (Å²) in [5.41, 5.74) is 0. The first kappa shape index (κ1) is 14.9. The van der Waals surface area contributed by atoms with Gasteiger partial charge in [-0.05, 0) is 61.3 Å². The summed E-state index contributed by atoms with van der Waals surface area (Å²) in [5.74, 6) is 6.70. The molecule has 1 heterocycles. The van der Waals surface area contributed by atoms with E-state index in [0.29, 0.717) is 22.6 Å². The fourth-order valence-electron chi connectivity index (χ4n) is 4.70. The molecule has 0 unspecified atom stereocenters. The molecule has 0 aromatic rings. The van der Waals surface area contributed by atoms with E-state index < -0.39 is 0 Å². The Hall–Kier alpha value is 0.0200. The lowest BCUT2D eigenvalue weighted by Gasteiger charge is -2.35. The maximum absolute atomic E-state index is 12.4. The predicted molar refractivity (Wildman–Crippen MR) is 88.2 cm³/mol. The average Bonchev–Trinajstić information content (AvgIpc) is 3.01. The molecule has 3 aliphatic rings. The topological polar surface area (TPSA) is 17.1 Å². The van der Waals surface area contributed by atoms with Crippen molar-refractivity contribution >= 4 is 16.7 Å². The minimum atomic E-state index is 0.447. The molecular formula is C18H31OS+. The van der Waals surface area contributed by atoms with Crippen LogP contribution in [0.1, 0.15) is 70.6 Å². The van der Waals surface area contributed by atoms with Crippen LogP contribution >= 0.6 is 0 Å². The summed E-state index contributed by atoms with van der Waals surface area (Å²) in [6.45, 7) is 0. The highest BCUT2D eigenvalue weighted by Crippen LogP contribution is 2.40. The molecule has 20 heavy (non-hydrogen) atoms. The van der Waals surface area contributed by atoms with Crippen molar-refractivity contribution < 1.29 is 4.79 Å². The Kier molecular flexibility index (Phi) is 5.48. The van der Waals surface area contributed by atoms with E-state index in [1.54, 1.807) is 0 Å². The predicted octanol–water partition coefficient (Wildman–Crippen LogP) is 4.35. The first-order chi connectivity index (χ1) is 9.83. The maximum atomic E-state index is 12.4. The van der Waals surface area contributed by atoms with Crippen molar-refractivity contribution in [1.29, 1.82) is 0 Å². The lowest BCUT2D eigenvalue weighted by Crippen LogP contribution is -2.30. The largest absolute Gasteiger partial charge is 0.294 e. The molecule has 1 saturated heterocycles. The summed E-state index contributed by atoms with van der Waals surface area (Å²) in [4.78, 5) is 12.4. The fourth-order valence-corrected chi connectivity index (χ4v) is 7.05. The second-order valence-electron chi connectivity index (χ2n) is 7.35. The van der Waals surface area contributed by atoms with E-state index in [4.69, 9.17) is 0 Å². The van der Waals surface area contributed by atoms with Crippen molar-refractivity contribution in [1.82, 2.24) is 0 Å². The molecule has 0 atom stereocenters. The Morgan fingerprint density at radius 1 is 0.750 bits per heavy atom. The SMILES string of the molecule is O=C(C[S+]1CCCC1)C1CCC(C2CCCCC2)CC1. The second kappa shape index (κ2) is 7.33. The van der Waals surface area contributed by atoms with Crippen molar-refractivity contribution in [3.05, 3.63) is 0 Å². The van der Waals surface area contributed by atoms with Gasteiger partial charge in [-0.15, -0.1) is 0 Å². The van der Waals surface area contributed by atoms with Crippen LogP contribution in [0.5, 0.6) is 0 Å². The third-order valence-electron chi connectivity index (χ3n) is 6.01. The molecule has 114 valence electrons. The van der Waals surface area contributed by atoms with Crippen LogP contribution in [0.4, 0.5) is 0 Å². The van der Waals surface area contributed by atoms with Gasteiger partial charge in [0, 0.05) is 5.92 Å². The van der Waals surface area contributed by atoms with Gasteiger partial charge < -0.3 is 0 Å².